The van der Waals surface area contributed by atoms with Crippen molar-refractivity contribution in [2.45, 2.75) is 6.92 Å². The van der Waals surface area contributed by atoms with E-state index in [0.29, 0.717) is 22.8 Å². The van der Waals surface area contributed by atoms with Crippen LogP contribution in [0.15, 0.2) is 54.9 Å². The molecule has 8 nitrogen and oxygen atoms in total. The Morgan fingerprint density at radius 3 is 2.93 bits per heavy atom. The van der Waals surface area contributed by atoms with Crippen LogP contribution in [0.4, 0.5) is 5.95 Å². The summed E-state index contributed by atoms with van der Waals surface area (Å²) in [7, 11) is 0. The number of benzene rings is 1. The van der Waals surface area contributed by atoms with Gasteiger partial charge in [0.15, 0.2) is 11.5 Å². The number of pyridine rings is 1. The van der Waals surface area contributed by atoms with Crippen LogP contribution in [0.25, 0.3) is 17.0 Å². The van der Waals surface area contributed by atoms with Gasteiger partial charge in [0.05, 0.1) is 17.1 Å². The molecule has 1 aliphatic rings. The number of anilines is 1. The van der Waals surface area contributed by atoms with E-state index in [1.165, 1.54) is 0 Å². The summed E-state index contributed by atoms with van der Waals surface area (Å²) in [5.74, 6) is 1.05. The molecule has 28 heavy (non-hydrogen) atoms. The van der Waals surface area contributed by atoms with E-state index in [-0.39, 0.29) is 18.6 Å². The van der Waals surface area contributed by atoms with Gasteiger partial charge in [0.25, 0.3) is 5.91 Å². The van der Waals surface area contributed by atoms with E-state index >= 15 is 0 Å². The molecule has 4 aromatic rings. The highest BCUT2D eigenvalue weighted by Crippen LogP contribution is 2.32. The molecule has 0 saturated carbocycles. The number of nitrogens with zero attached hydrogens (tertiary/aromatic N) is 4. The molecule has 0 spiro atoms. The first-order chi connectivity index (χ1) is 13.7. The Hall–Kier alpha value is -3.94. The Kier molecular flexibility index (Phi) is 3.68. The van der Waals surface area contributed by atoms with Crippen LogP contribution in [0.1, 0.15) is 16.1 Å². The molecule has 0 fully saturated rings. The molecule has 0 bridgehead atoms. The van der Waals surface area contributed by atoms with Gasteiger partial charge >= 0.3 is 0 Å². The number of aryl methyl sites for hydroxylation is 1. The molecule has 0 saturated heterocycles. The number of amides is 1. The fourth-order valence-corrected chi connectivity index (χ4v) is 3.18. The zero-order valence-electron chi connectivity index (χ0n) is 14.9. The summed E-state index contributed by atoms with van der Waals surface area (Å²) in [6.07, 6.45) is 3.54. The molecular weight excluding hydrogens is 358 g/mol. The molecule has 1 N–H and O–H groups in total. The number of ether oxygens (including phenoxy) is 2. The molecule has 3 aromatic heterocycles. The van der Waals surface area contributed by atoms with E-state index in [0.717, 1.165) is 17.0 Å². The number of aromatic nitrogens is 4. The summed E-state index contributed by atoms with van der Waals surface area (Å²) in [6, 6.07) is 12.6. The van der Waals surface area contributed by atoms with Gasteiger partial charge in [-0.2, -0.15) is 0 Å². The average molecular weight is 373 g/mol. The second-order valence-corrected chi connectivity index (χ2v) is 6.26. The number of hydrogen-bond acceptors (Lipinski definition) is 6. The minimum Gasteiger partial charge on any atom is -0.454 e. The molecule has 0 unspecified atom stereocenters. The number of carbonyl (C=O) groups excluding carboxylic acids is 1. The Balaban J connectivity index is 1.46. The Morgan fingerprint density at radius 2 is 2.00 bits per heavy atom. The number of rotatable bonds is 3. The first kappa shape index (κ1) is 16.2. The Bertz CT molecular complexity index is 1220. The zero-order valence-corrected chi connectivity index (χ0v) is 14.9. The smallest absolute Gasteiger partial charge is 0.258 e. The lowest BCUT2D eigenvalue weighted by atomic mass is 10.2. The summed E-state index contributed by atoms with van der Waals surface area (Å²) < 4.78 is 12.5. The number of hydrogen-bond donors (Lipinski definition) is 1. The number of imidazole rings is 1. The van der Waals surface area contributed by atoms with Crippen LogP contribution in [0.5, 0.6) is 11.5 Å². The van der Waals surface area contributed by atoms with Crippen LogP contribution in [-0.2, 0) is 0 Å². The van der Waals surface area contributed by atoms with Crippen molar-refractivity contribution in [1.29, 1.82) is 0 Å². The molecule has 0 aliphatic carbocycles. The van der Waals surface area contributed by atoms with Crippen LogP contribution in [0.3, 0.4) is 0 Å². The van der Waals surface area contributed by atoms with Crippen LogP contribution in [0, 0.1) is 6.92 Å². The zero-order chi connectivity index (χ0) is 19.1. The lowest BCUT2D eigenvalue weighted by molar-refractivity contribution is 0.102. The summed E-state index contributed by atoms with van der Waals surface area (Å²) in [6.45, 7) is 2.08. The normalized spacial score (nSPS) is 12.3. The van der Waals surface area contributed by atoms with Crippen LogP contribution in [0.2, 0.25) is 0 Å². The van der Waals surface area contributed by atoms with Gasteiger partial charge in [0, 0.05) is 18.0 Å². The minimum atomic E-state index is -0.328. The lowest BCUT2D eigenvalue weighted by Crippen LogP contribution is -2.14. The maximum absolute atomic E-state index is 12.6. The lowest BCUT2D eigenvalue weighted by Gasteiger charge is -2.07. The molecule has 0 radical (unpaired) electrons. The van der Waals surface area contributed by atoms with Crippen molar-refractivity contribution in [2.75, 3.05) is 12.1 Å². The van der Waals surface area contributed by atoms with Gasteiger partial charge in [-0.05, 0) is 43.3 Å². The third-order valence-electron chi connectivity index (χ3n) is 4.46. The van der Waals surface area contributed by atoms with Crippen LogP contribution >= 0.6 is 0 Å². The third kappa shape index (κ3) is 2.71. The van der Waals surface area contributed by atoms with Crippen molar-refractivity contribution in [1.82, 2.24) is 19.4 Å². The number of carbonyl (C=O) groups is 1. The van der Waals surface area contributed by atoms with Crippen LogP contribution in [-0.4, -0.2) is 32.1 Å². The summed E-state index contributed by atoms with van der Waals surface area (Å²) in [4.78, 5) is 25.8. The van der Waals surface area contributed by atoms with Gasteiger partial charge in [0.2, 0.25) is 12.7 Å². The van der Waals surface area contributed by atoms with Crippen LogP contribution < -0.4 is 14.8 Å². The largest absolute Gasteiger partial charge is 0.454 e. The van der Waals surface area contributed by atoms with Crippen molar-refractivity contribution in [3.63, 3.8) is 0 Å². The second kappa shape index (κ2) is 6.34. The van der Waals surface area contributed by atoms with E-state index in [1.54, 1.807) is 30.5 Å². The second-order valence-electron chi connectivity index (χ2n) is 6.26. The van der Waals surface area contributed by atoms with E-state index in [1.807, 2.05) is 35.7 Å². The average Bonchev–Trinajstić information content (AvgIpc) is 3.30. The topological polar surface area (TPSA) is 90.6 Å². The SMILES string of the molecule is Cc1nc2ccccn2c1-c1ccnc(NC(=O)c2ccc3c(c2)OCO3)n1. The van der Waals surface area contributed by atoms with Gasteiger partial charge in [-0.1, -0.05) is 6.07 Å². The van der Waals surface area contributed by atoms with Gasteiger partial charge in [0.1, 0.15) is 5.65 Å². The Morgan fingerprint density at radius 1 is 1.11 bits per heavy atom. The van der Waals surface area contributed by atoms with E-state index in [2.05, 4.69) is 20.3 Å². The Labute approximate surface area is 159 Å². The standard InChI is InChI=1S/C20H15N5O3/c1-12-18(25-9-3-2-4-17(25)22-12)14-7-8-21-20(23-14)24-19(26)13-5-6-15-16(10-13)28-11-27-15/h2-10H,11H2,1H3,(H,21,23,24,26). The highest BCUT2D eigenvalue weighted by molar-refractivity contribution is 6.03. The molecule has 4 heterocycles. The van der Waals surface area contributed by atoms with E-state index in [4.69, 9.17) is 9.47 Å². The third-order valence-corrected chi connectivity index (χ3v) is 4.46. The maximum atomic E-state index is 12.6. The molecule has 8 heteroatoms. The summed E-state index contributed by atoms with van der Waals surface area (Å²) in [5.41, 5.74) is 3.64. The predicted molar refractivity (Wildman–Crippen MR) is 101 cm³/mol. The van der Waals surface area contributed by atoms with Gasteiger partial charge < -0.3 is 9.47 Å². The van der Waals surface area contributed by atoms with Crippen molar-refractivity contribution >= 4 is 17.5 Å². The van der Waals surface area contributed by atoms with Crippen molar-refractivity contribution < 1.29 is 14.3 Å². The maximum Gasteiger partial charge on any atom is 0.258 e. The highest BCUT2D eigenvalue weighted by atomic mass is 16.7. The minimum absolute atomic E-state index is 0.157. The summed E-state index contributed by atoms with van der Waals surface area (Å²) in [5, 5.41) is 2.73. The highest BCUT2D eigenvalue weighted by Gasteiger charge is 2.18. The van der Waals surface area contributed by atoms with Crippen molar-refractivity contribution in [2.24, 2.45) is 0 Å². The first-order valence-corrected chi connectivity index (χ1v) is 8.67. The molecular formula is C20H15N5O3. The van der Waals surface area contributed by atoms with Gasteiger partial charge in [-0.25, -0.2) is 15.0 Å². The quantitative estimate of drug-likeness (QED) is 0.593. The van der Waals surface area contributed by atoms with Gasteiger partial charge in [-0.3, -0.25) is 14.5 Å². The van der Waals surface area contributed by atoms with E-state index in [9.17, 15) is 4.79 Å². The number of fused-ring (bicyclic) bond motifs is 2. The van der Waals surface area contributed by atoms with Gasteiger partial charge in [-0.15, -0.1) is 0 Å². The molecule has 1 amide bonds. The number of nitrogens with one attached hydrogen (secondary N) is 1. The molecule has 1 aliphatic heterocycles. The monoisotopic (exact) mass is 373 g/mol. The summed E-state index contributed by atoms with van der Waals surface area (Å²) >= 11 is 0. The molecule has 1 aromatic carbocycles. The fraction of sp³-hybridized carbons (Fsp3) is 0.100. The predicted octanol–water partition coefficient (Wildman–Crippen LogP) is 3.08. The fourth-order valence-electron chi connectivity index (χ4n) is 3.18. The van der Waals surface area contributed by atoms with Crippen molar-refractivity contribution in [3.8, 4) is 22.9 Å². The molecule has 138 valence electrons. The van der Waals surface area contributed by atoms with Crippen molar-refractivity contribution in [3.05, 3.63) is 66.1 Å². The van der Waals surface area contributed by atoms with E-state index < -0.39 is 0 Å². The molecule has 5 rings (SSSR count). The molecule has 0 atom stereocenters. The first-order valence-electron chi connectivity index (χ1n) is 8.67.